The predicted octanol–water partition coefficient (Wildman–Crippen LogP) is 14.5. The Bertz CT molecular complexity index is 3240. The van der Waals surface area contributed by atoms with Gasteiger partial charge in [-0.05, 0) is 91.0 Å². The van der Waals surface area contributed by atoms with Gasteiger partial charge in [0.2, 0.25) is 0 Å². The molecule has 3 heteroatoms. The summed E-state index contributed by atoms with van der Waals surface area (Å²) >= 11 is 1.93. The van der Waals surface area contributed by atoms with Crippen molar-refractivity contribution in [3.05, 3.63) is 175 Å². The molecule has 0 spiro atoms. The molecule has 1 aliphatic heterocycles. The number of fused-ring (bicyclic) bond motifs is 11. The van der Waals surface area contributed by atoms with E-state index in [-0.39, 0.29) is 0 Å². The molecule has 3 heterocycles. The Morgan fingerprint density at radius 1 is 0.434 bits per heavy atom. The number of rotatable bonds is 3. The van der Waals surface area contributed by atoms with Crippen LogP contribution in [0.4, 0.5) is 0 Å². The molecule has 0 saturated heterocycles. The second-order valence-electron chi connectivity index (χ2n) is 14.2. The highest BCUT2D eigenvalue weighted by atomic mass is 32.2. The summed E-state index contributed by atoms with van der Waals surface area (Å²) in [7, 11) is 0. The molecular weight excluding hydrogens is 665 g/mol. The van der Waals surface area contributed by atoms with E-state index in [0.717, 1.165) is 49.8 Å². The van der Waals surface area contributed by atoms with Gasteiger partial charge in [-0.3, -0.25) is 0 Å². The van der Waals surface area contributed by atoms with Crippen molar-refractivity contribution in [3.63, 3.8) is 0 Å². The van der Waals surface area contributed by atoms with Gasteiger partial charge in [0.1, 0.15) is 22.3 Å². The quantitative estimate of drug-likeness (QED) is 0.172. The van der Waals surface area contributed by atoms with E-state index in [2.05, 4.69) is 164 Å². The van der Waals surface area contributed by atoms with E-state index < -0.39 is 0 Å². The Kier molecular flexibility index (Phi) is 6.14. The smallest absolute Gasteiger partial charge is 0.140 e. The zero-order valence-corrected chi connectivity index (χ0v) is 29.4. The van der Waals surface area contributed by atoms with Crippen LogP contribution in [0.5, 0.6) is 0 Å². The Morgan fingerprint density at radius 2 is 1.08 bits per heavy atom. The summed E-state index contributed by atoms with van der Waals surface area (Å²) in [4.78, 5) is 1.33. The van der Waals surface area contributed by atoms with Gasteiger partial charge < -0.3 is 8.83 Å². The first-order valence-electron chi connectivity index (χ1n) is 18.2. The number of hydrogen-bond donors (Lipinski definition) is 0. The minimum absolute atomic E-state index is 0.313. The van der Waals surface area contributed by atoms with Crippen LogP contribution >= 0.6 is 11.8 Å². The molecule has 1 atom stereocenters. The second-order valence-corrected chi connectivity index (χ2v) is 15.3. The van der Waals surface area contributed by atoms with Crippen LogP contribution in [0, 0.1) is 0 Å². The standard InChI is InChI=1S/C50H30O2S/c1-2-12-29(13-3-1)40-28-53-44-25-24-38-33-23-22-31(27-42(33)52-50(38)48(40)44)45-34-16-6-8-18-36(34)46(37-19-9-7-17-35(37)45)49-32-15-5-4-14-30(32)26-43-47(49)39-20-10-11-21-41(39)51-43/h1-27,40H,28H2. The third-order valence-electron chi connectivity index (χ3n) is 11.5. The maximum absolute atomic E-state index is 6.93. The van der Waals surface area contributed by atoms with Crippen molar-refractivity contribution in [2.75, 3.05) is 5.75 Å². The zero-order valence-electron chi connectivity index (χ0n) is 28.6. The van der Waals surface area contributed by atoms with Gasteiger partial charge in [-0.2, -0.15) is 0 Å². The van der Waals surface area contributed by atoms with Crippen LogP contribution in [0.1, 0.15) is 17.0 Å². The summed E-state index contributed by atoms with van der Waals surface area (Å²) in [6, 6.07) is 59.4. The highest BCUT2D eigenvalue weighted by Gasteiger charge is 2.30. The van der Waals surface area contributed by atoms with E-state index in [1.807, 2.05) is 11.8 Å². The molecule has 1 aliphatic rings. The normalized spacial score (nSPS) is 14.5. The van der Waals surface area contributed by atoms with Crippen LogP contribution in [0.15, 0.2) is 178 Å². The van der Waals surface area contributed by atoms with Gasteiger partial charge >= 0.3 is 0 Å². The zero-order chi connectivity index (χ0) is 34.6. The molecule has 9 aromatic carbocycles. The number of thioether (sulfide) groups is 1. The number of benzene rings is 9. The molecule has 0 radical (unpaired) electrons. The molecule has 2 nitrogen and oxygen atoms in total. The molecule has 0 N–H and O–H groups in total. The average Bonchev–Trinajstić information content (AvgIpc) is 3.92. The van der Waals surface area contributed by atoms with E-state index >= 15 is 0 Å². The minimum Gasteiger partial charge on any atom is -0.456 e. The predicted molar refractivity (Wildman–Crippen MR) is 223 cm³/mol. The van der Waals surface area contributed by atoms with E-state index in [4.69, 9.17) is 8.83 Å². The fourth-order valence-corrected chi connectivity index (χ4v) is 10.4. The molecular formula is C50H30O2S. The molecule has 11 aromatic rings. The Balaban J connectivity index is 1.15. The van der Waals surface area contributed by atoms with Gasteiger partial charge in [-0.15, -0.1) is 11.8 Å². The van der Waals surface area contributed by atoms with Gasteiger partial charge in [0.25, 0.3) is 0 Å². The van der Waals surface area contributed by atoms with E-state index in [1.165, 1.54) is 70.4 Å². The van der Waals surface area contributed by atoms with Crippen molar-refractivity contribution in [1.82, 2.24) is 0 Å². The maximum atomic E-state index is 6.93. The summed E-state index contributed by atoms with van der Waals surface area (Å²) in [6.07, 6.45) is 0. The van der Waals surface area contributed by atoms with E-state index in [1.54, 1.807) is 0 Å². The third-order valence-corrected chi connectivity index (χ3v) is 12.6. The summed E-state index contributed by atoms with van der Waals surface area (Å²) in [5.41, 5.74) is 11.2. The lowest BCUT2D eigenvalue weighted by molar-refractivity contribution is 0.658. The number of furan rings is 2. The van der Waals surface area contributed by atoms with Crippen molar-refractivity contribution >= 4 is 88.0 Å². The third kappa shape index (κ3) is 4.17. The second kappa shape index (κ2) is 11.1. The monoisotopic (exact) mass is 694 g/mol. The highest BCUT2D eigenvalue weighted by Crippen LogP contribution is 2.51. The van der Waals surface area contributed by atoms with Crippen molar-refractivity contribution in [2.24, 2.45) is 0 Å². The van der Waals surface area contributed by atoms with Crippen LogP contribution in [-0.2, 0) is 0 Å². The van der Waals surface area contributed by atoms with Crippen LogP contribution in [0.3, 0.4) is 0 Å². The largest absolute Gasteiger partial charge is 0.456 e. The first-order valence-corrected chi connectivity index (χ1v) is 19.2. The summed E-state index contributed by atoms with van der Waals surface area (Å²) in [5.74, 6) is 1.34. The van der Waals surface area contributed by atoms with Gasteiger partial charge in [0.15, 0.2) is 0 Å². The molecule has 1 unspecified atom stereocenters. The summed E-state index contributed by atoms with van der Waals surface area (Å²) < 4.78 is 13.5. The first kappa shape index (κ1) is 29.3. The SMILES string of the molecule is c1ccc(C2CSc3ccc4c(oc5cc(-c6c7ccccc7c(-c7c8ccccc8cc8oc9ccccc9c78)c7ccccc67)ccc54)c32)cc1. The van der Waals surface area contributed by atoms with Crippen molar-refractivity contribution < 1.29 is 8.83 Å². The molecule has 0 amide bonds. The fourth-order valence-electron chi connectivity index (χ4n) is 9.18. The topological polar surface area (TPSA) is 26.3 Å². The lowest BCUT2D eigenvalue weighted by Gasteiger charge is -2.19. The van der Waals surface area contributed by atoms with Gasteiger partial charge in [0.05, 0.1) is 0 Å². The average molecular weight is 695 g/mol. The molecule has 12 rings (SSSR count). The van der Waals surface area contributed by atoms with Gasteiger partial charge in [-0.1, -0.05) is 127 Å². The molecule has 53 heavy (non-hydrogen) atoms. The molecule has 0 aliphatic carbocycles. The Labute approximate surface area is 309 Å². The molecule has 0 saturated carbocycles. The van der Waals surface area contributed by atoms with Crippen molar-refractivity contribution in [3.8, 4) is 22.3 Å². The molecule has 248 valence electrons. The lowest BCUT2D eigenvalue weighted by atomic mass is 9.83. The molecule has 0 fully saturated rings. The maximum Gasteiger partial charge on any atom is 0.140 e. The number of para-hydroxylation sites is 1. The highest BCUT2D eigenvalue weighted by molar-refractivity contribution is 7.99. The summed E-state index contributed by atoms with van der Waals surface area (Å²) in [5, 5.41) is 11.9. The lowest BCUT2D eigenvalue weighted by Crippen LogP contribution is -1.99. The van der Waals surface area contributed by atoms with Crippen molar-refractivity contribution in [2.45, 2.75) is 10.8 Å². The fraction of sp³-hybridized carbons (Fsp3) is 0.0400. The van der Waals surface area contributed by atoms with Gasteiger partial charge in [0, 0.05) is 49.2 Å². The van der Waals surface area contributed by atoms with Crippen LogP contribution in [-0.4, -0.2) is 5.75 Å². The molecule has 2 aromatic heterocycles. The van der Waals surface area contributed by atoms with E-state index in [0.29, 0.717) is 5.92 Å². The van der Waals surface area contributed by atoms with Crippen molar-refractivity contribution in [1.29, 1.82) is 0 Å². The molecule has 0 bridgehead atoms. The number of hydrogen-bond acceptors (Lipinski definition) is 3. The minimum atomic E-state index is 0.313. The van der Waals surface area contributed by atoms with Gasteiger partial charge in [-0.25, -0.2) is 0 Å². The van der Waals surface area contributed by atoms with Crippen LogP contribution in [0.2, 0.25) is 0 Å². The van der Waals surface area contributed by atoms with Crippen LogP contribution in [0.25, 0.3) is 98.4 Å². The summed E-state index contributed by atoms with van der Waals surface area (Å²) in [6.45, 7) is 0. The van der Waals surface area contributed by atoms with E-state index in [9.17, 15) is 0 Å². The first-order chi connectivity index (χ1) is 26.3. The Hall–Kier alpha value is -6.29. The Morgan fingerprint density at radius 3 is 1.85 bits per heavy atom. The van der Waals surface area contributed by atoms with Crippen LogP contribution < -0.4 is 0 Å².